The number of carbonyl (C=O) groups excluding carboxylic acids is 1. The van der Waals surface area contributed by atoms with E-state index in [1.54, 1.807) is 6.07 Å². The highest BCUT2D eigenvalue weighted by Crippen LogP contribution is 2.22. The maximum Gasteiger partial charge on any atom is 0.218 e. The van der Waals surface area contributed by atoms with Gasteiger partial charge in [0.2, 0.25) is 5.91 Å². The molecule has 1 rings (SSSR count). The molecule has 0 unspecified atom stereocenters. The van der Waals surface area contributed by atoms with Crippen LogP contribution in [0.3, 0.4) is 0 Å². The summed E-state index contributed by atoms with van der Waals surface area (Å²) in [6.45, 7) is 1.89. The third-order valence-electron chi connectivity index (χ3n) is 2.31. The fourth-order valence-corrected chi connectivity index (χ4v) is 1.48. The van der Waals surface area contributed by atoms with E-state index in [0.29, 0.717) is 30.3 Å². The van der Waals surface area contributed by atoms with E-state index >= 15 is 0 Å². The van der Waals surface area contributed by atoms with E-state index in [4.69, 9.17) is 22.1 Å². The van der Waals surface area contributed by atoms with Crippen molar-refractivity contribution in [1.29, 1.82) is 0 Å². The van der Waals surface area contributed by atoms with Gasteiger partial charge in [-0.1, -0.05) is 23.7 Å². The maximum atomic E-state index is 10.6. The Morgan fingerprint density at radius 1 is 1.41 bits per heavy atom. The van der Waals surface area contributed by atoms with Gasteiger partial charge in [0.15, 0.2) is 0 Å². The zero-order valence-electron chi connectivity index (χ0n) is 9.86. The highest BCUT2D eigenvalue weighted by atomic mass is 35.5. The van der Waals surface area contributed by atoms with Gasteiger partial charge in [-0.25, -0.2) is 0 Å². The topological polar surface area (TPSA) is 55.6 Å². The molecule has 94 valence electrons. The number of halogens is 1. The van der Waals surface area contributed by atoms with Crippen LogP contribution in [0.1, 0.15) is 6.42 Å². The molecule has 1 amide bonds. The molecule has 0 bridgehead atoms. The molecular formula is C12H17ClN2O2. The van der Waals surface area contributed by atoms with Crippen LogP contribution in [0.15, 0.2) is 24.3 Å². The highest BCUT2D eigenvalue weighted by molar-refractivity contribution is 6.32. The van der Waals surface area contributed by atoms with E-state index in [0.717, 1.165) is 6.54 Å². The first-order chi connectivity index (χ1) is 8.09. The second-order valence-corrected chi connectivity index (χ2v) is 4.21. The molecule has 0 spiro atoms. The zero-order valence-corrected chi connectivity index (χ0v) is 10.6. The van der Waals surface area contributed by atoms with Crippen LogP contribution in [0.5, 0.6) is 5.75 Å². The molecule has 4 nitrogen and oxygen atoms in total. The van der Waals surface area contributed by atoms with Gasteiger partial charge in [0.25, 0.3) is 0 Å². The van der Waals surface area contributed by atoms with Gasteiger partial charge in [0.05, 0.1) is 5.02 Å². The smallest absolute Gasteiger partial charge is 0.218 e. The fourth-order valence-electron chi connectivity index (χ4n) is 1.29. The van der Waals surface area contributed by atoms with Crippen LogP contribution < -0.4 is 10.5 Å². The predicted octanol–water partition coefficient (Wildman–Crippen LogP) is 1.53. The first-order valence-corrected chi connectivity index (χ1v) is 5.81. The summed E-state index contributed by atoms with van der Waals surface area (Å²) in [4.78, 5) is 12.6. The number of hydrogen-bond acceptors (Lipinski definition) is 3. The molecule has 0 fully saturated rings. The lowest BCUT2D eigenvalue weighted by molar-refractivity contribution is -0.118. The standard InChI is InChI=1S/C12H17ClN2O2/c1-15(7-6-12(14)16)8-9-17-11-5-3-2-4-10(11)13/h2-5H,6-9H2,1H3,(H2,14,16). The van der Waals surface area contributed by atoms with E-state index in [-0.39, 0.29) is 5.91 Å². The number of rotatable bonds is 7. The van der Waals surface area contributed by atoms with Gasteiger partial charge in [0.1, 0.15) is 12.4 Å². The number of carbonyl (C=O) groups is 1. The summed E-state index contributed by atoms with van der Waals surface area (Å²) >= 11 is 5.94. The van der Waals surface area contributed by atoms with E-state index in [1.807, 2.05) is 30.1 Å². The molecule has 0 saturated heterocycles. The van der Waals surface area contributed by atoms with Gasteiger partial charge in [-0.15, -0.1) is 0 Å². The second kappa shape index (κ2) is 7.14. The number of amides is 1. The molecule has 0 aliphatic heterocycles. The minimum absolute atomic E-state index is 0.288. The molecule has 0 atom stereocenters. The van der Waals surface area contributed by atoms with E-state index in [1.165, 1.54) is 0 Å². The molecule has 0 aliphatic rings. The lowest BCUT2D eigenvalue weighted by atomic mass is 10.3. The van der Waals surface area contributed by atoms with Crippen molar-refractivity contribution in [2.75, 3.05) is 26.7 Å². The van der Waals surface area contributed by atoms with Gasteiger partial charge in [-0.05, 0) is 19.2 Å². The minimum Gasteiger partial charge on any atom is -0.491 e. The zero-order chi connectivity index (χ0) is 12.7. The Balaban J connectivity index is 2.24. The molecule has 1 aromatic rings. The van der Waals surface area contributed by atoms with Crippen LogP contribution in [-0.2, 0) is 4.79 Å². The molecule has 17 heavy (non-hydrogen) atoms. The van der Waals surface area contributed by atoms with Gasteiger partial charge in [0, 0.05) is 19.5 Å². The Kier molecular flexibility index (Phi) is 5.80. The van der Waals surface area contributed by atoms with Crippen molar-refractivity contribution >= 4 is 17.5 Å². The number of primary amides is 1. The molecular weight excluding hydrogens is 240 g/mol. The average Bonchev–Trinajstić information content (AvgIpc) is 2.29. The maximum absolute atomic E-state index is 10.6. The van der Waals surface area contributed by atoms with Crippen LogP contribution in [0.25, 0.3) is 0 Å². The summed E-state index contributed by atoms with van der Waals surface area (Å²) < 4.78 is 5.52. The number of likely N-dealkylation sites (N-methyl/N-ethyl adjacent to an activating group) is 1. The highest BCUT2D eigenvalue weighted by Gasteiger charge is 2.03. The minimum atomic E-state index is -0.288. The summed E-state index contributed by atoms with van der Waals surface area (Å²) in [6, 6.07) is 7.34. The summed E-state index contributed by atoms with van der Waals surface area (Å²) in [6.07, 6.45) is 0.364. The van der Waals surface area contributed by atoms with Crippen molar-refractivity contribution in [3.8, 4) is 5.75 Å². The summed E-state index contributed by atoms with van der Waals surface area (Å²) in [5, 5.41) is 0.604. The van der Waals surface area contributed by atoms with Gasteiger partial charge in [-0.3, -0.25) is 4.79 Å². The Labute approximate surface area is 106 Å². The number of hydrogen-bond donors (Lipinski definition) is 1. The van der Waals surface area contributed by atoms with E-state index in [9.17, 15) is 4.79 Å². The first-order valence-electron chi connectivity index (χ1n) is 5.44. The summed E-state index contributed by atoms with van der Waals surface area (Å²) in [7, 11) is 1.92. The molecule has 0 saturated carbocycles. The van der Waals surface area contributed by atoms with Crippen molar-refractivity contribution in [3.63, 3.8) is 0 Å². The van der Waals surface area contributed by atoms with E-state index in [2.05, 4.69) is 0 Å². The van der Waals surface area contributed by atoms with Crippen molar-refractivity contribution in [1.82, 2.24) is 4.90 Å². The molecule has 0 heterocycles. The van der Waals surface area contributed by atoms with Crippen molar-refractivity contribution in [2.24, 2.45) is 5.73 Å². The predicted molar refractivity (Wildman–Crippen MR) is 68.3 cm³/mol. The Hall–Kier alpha value is -1.26. The molecule has 0 aliphatic carbocycles. The van der Waals surface area contributed by atoms with Crippen LogP contribution >= 0.6 is 11.6 Å². The Morgan fingerprint density at radius 3 is 2.76 bits per heavy atom. The summed E-state index contributed by atoms with van der Waals surface area (Å²) in [5.74, 6) is 0.390. The van der Waals surface area contributed by atoms with Crippen LogP contribution in [0.2, 0.25) is 5.02 Å². The number of para-hydroxylation sites is 1. The monoisotopic (exact) mass is 256 g/mol. The van der Waals surface area contributed by atoms with Crippen molar-refractivity contribution < 1.29 is 9.53 Å². The lowest BCUT2D eigenvalue weighted by Crippen LogP contribution is -2.28. The fraction of sp³-hybridized carbons (Fsp3) is 0.417. The van der Waals surface area contributed by atoms with Crippen LogP contribution in [-0.4, -0.2) is 37.6 Å². The molecule has 5 heteroatoms. The van der Waals surface area contributed by atoms with Gasteiger partial charge in [-0.2, -0.15) is 0 Å². The molecule has 1 aromatic carbocycles. The number of ether oxygens (including phenoxy) is 1. The third-order valence-corrected chi connectivity index (χ3v) is 2.62. The second-order valence-electron chi connectivity index (χ2n) is 3.80. The summed E-state index contributed by atoms with van der Waals surface area (Å²) in [5.41, 5.74) is 5.07. The average molecular weight is 257 g/mol. The lowest BCUT2D eigenvalue weighted by Gasteiger charge is -2.16. The SMILES string of the molecule is CN(CCOc1ccccc1Cl)CCC(N)=O. The number of benzene rings is 1. The van der Waals surface area contributed by atoms with Crippen LogP contribution in [0, 0.1) is 0 Å². The Morgan fingerprint density at radius 2 is 2.12 bits per heavy atom. The van der Waals surface area contributed by atoms with Gasteiger partial charge >= 0.3 is 0 Å². The Bertz CT molecular complexity index is 371. The normalized spacial score (nSPS) is 10.5. The number of nitrogens with zero attached hydrogens (tertiary/aromatic N) is 1. The number of nitrogens with two attached hydrogens (primary N) is 1. The molecule has 0 aromatic heterocycles. The van der Waals surface area contributed by atoms with E-state index < -0.39 is 0 Å². The third kappa shape index (κ3) is 5.56. The van der Waals surface area contributed by atoms with Gasteiger partial charge < -0.3 is 15.4 Å². The van der Waals surface area contributed by atoms with Crippen LogP contribution in [0.4, 0.5) is 0 Å². The molecule has 0 radical (unpaired) electrons. The quantitative estimate of drug-likeness (QED) is 0.805. The molecule has 2 N–H and O–H groups in total. The first kappa shape index (κ1) is 13.8. The largest absolute Gasteiger partial charge is 0.491 e. The van der Waals surface area contributed by atoms with Crippen molar-refractivity contribution in [2.45, 2.75) is 6.42 Å². The van der Waals surface area contributed by atoms with Crippen molar-refractivity contribution in [3.05, 3.63) is 29.3 Å².